The number of rotatable bonds is 9. The fourth-order valence-corrected chi connectivity index (χ4v) is 3.97. The molecule has 0 aliphatic rings. The number of para-hydroxylation sites is 1. The molecule has 8 nitrogen and oxygen atoms in total. The number of hydrogen-bond acceptors (Lipinski definition) is 5. The Morgan fingerprint density at radius 1 is 0.917 bits per heavy atom. The lowest BCUT2D eigenvalue weighted by Gasteiger charge is -2.25. The molecule has 0 saturated heterocycles. The van der Waals surface area contributed by atoms with Gasteiger partial charge in [-0.05, 0) is 29.2 Å². The van der Waals surface area contributed by atoms with Crippen LogP contribution in [0.3, 0.4) is 0 Å². The maximum atomic E-state index is 13.5. The fraction of sp³-hybridized carbons (Fsp3) is 0.179. The minimum atomic E-state index is -0.736. The van der Waals surface area contributed by atoms with E-state index in [-0.39, 0.29) is 31.2 Å². The average molecular weight is 485 g/mol. The van der Waals surface area contributed by atoms with Crippen LogP contribution >= 0.6 is 0 Å². The predicted octanol–water partition coefficient (Wildman–Crippen LogP) is 3.34. The second-order valence-corrected chi connectivity index (χ2v) is 8.28. The molecule has 4 rings (SSSR count). The van der Waals surface area contributed by atoms with Gasteiger partial charge in [0.15, 0.2) is 12.3 Å². The molecule has 3 N–H and O–H groups in total. The number of aromatic nitrogens is 2. The van der Waals surface area contributed by atoms with Gasteiger partial charge in [-0.2, -0.15) is 0 Å². The first-order valence-corrected chi connectivity index (χ1v) is 11.7. The first kappa shape index (κ1) is 24.5. The summed E-state index contributed by atoms with van der Waals surface area (Å²) in [4.78, 5) is 42.7. The molecule has 0 saturated carbocycles. The van der Waals surface area contributed by atoms with Crippen LogP contribution in [0, 0.1) is 0 Å². The number of aryl methyl sites for hydroxylation is 1. The molecule has 8 heteroatoms. The van der Waals surface area contributed by atoms with Crippen molar-refractivity contribution in [2.24, 2.45) is 0 Å². The van der Waals surface area contributed by atoms with Crippen LogP contribution < -0.4 is 26.6 Å². The highest BCUT2D eigenvalue weighted by Crippen LogP contribution is 2.22. The molecule has 0 fully saturated rings. The summed E-state index contributed by atoms with van der Waals surface area (Å²) in [5, 5.41) is 0. The lowest BCUT2D eigenvalue weighted by Crippen LogP contribution is -2.42. The number of hydrogen-bond donors (Lipinski definition) is 2. The maximum Gasteiger partial charge on any atom is 0.330 e. The first-order valence-electron chi connectivity index (χ1n) is 11.7. The molecule has 0 radical (unpaired) electrons. The zero-order valence-electron chi connectivity index (χ0n) is 20.0. The quantitative estimate of drug-likeness (QED) is 0.379. The molecule has 0 unspecified atom stereocenters. The van der Waals surface area contributed by atoms with Crippen LogP contribution in [0.15, 0.2) is 94.5 Å². The fourth-order valence-electron chi connectivity index (χ4n) is 3.97. The number of nitrogens with two attached hydrogens (primary N) is 1. The summed E-state index contributed by atoms with van der Waals surface area (Å²) in [6, 6.07) is 26.0. The Hall–Kier alpha value is -4.59. The standard InChI is InChI=1S/C28H28N4O4/c1-2-22-15-9-10-16-23(22)36-19-24(33)31(17-20-11-5-3-6-12-20)25-26(29)32(28(35)30-27(25)34)18-21-13-7-4-8-14-21/h3-16H,2,17-19,29H2,1H3,(H,30,34,35). The van der Waals surface area contributed by atoms with Crippen LogP contribution in [0.1, 0.15) is 23.6 Å². The van der Waals surface area contributed by atoms with E-state index >= 15 is 0 Å². The van der Waals surface area contributed by atoms with Gasteiger partial charge in [-0.1, -0.05) is 85.8 Å². The molecule has 1 heterocycles. The van der Waals surface area contributed by atoms with Gasteiger partial charge >= 0.3 is 5.69 Å². The average Bonchev–Trinajstić information content (AvgIpc) is 2.90. The SMILES string of the molecule is CCc1ccccc1OCC(=O)N(Cc1ccccc1)c1c(N)n(Cc2ccccc2)c(=O)[nH]c1=O. The van der Waals surface area contributed by atoms with Gasteiger partial charge in [0.05, 0.1) is 13.1 Å². The highest BCUT2D eigenvalue weighted by Gasteiger charge is 2.25. The number of H-pyrrole nitrogens is 1. The lowest BCUT2D eigenvalue weighted by atomic mass is 10.1. The van der Waals surface area contributed by atoms with E-state index in [9.17, 15) is 14.4 Å². The summed E-state index contributed by atoms with van der Waals surface area (Å²) in [5.41, 5.74) is 7.49. The van der Waals surface area contributed by atoms with Crippen LogP contribution in [-0.4, -0.2) is 22.1 Å². The minimum absolute atomic E-state index is 0.0786. The van der Waals surface area contributed by atoms with Crippen molar-refractivity contribution >= 4 is 17.4 Å². The Kier molecular flexibility index (Phi) is 7.65. The van der Waals surface area contributed by atoms with Gasteiger partial charge < -0.3 is 10.5 Å². The molecule has 0 aliphatic carbocycles. The summed E-state index contributed by atoms with van der Waals surface area (Å²) in [6.45, 7) is 1.92. The van der Waals surface area contributed by atoms with Gasteiger partial charge in [-0.25, -0.2) is 4.79 Å². The third kappa shape index (κ3) is 5.55. The van der Waals surface area contributed by atoms with Crippen molar-refractivity contribution in [3.63, 3.8) is 0 Å². The van der Waals surface area contributed by atoms with Crippen LogP contribution in [0.4, 0.5) is 11.5 Å². The highest BCUT2D eigenvalue weighted by molar-refractivity contribution is 5.96. The summed E-state index contributed by atoms with van der Waals surface area (Å²) >= 11 is 0. The van der Waals surface area contributed by atoms with E-state index in [2.05, 4.69) is 4.98 Å². The van der Waals surface area contributed by atoms with E-state index in [1.807, 2.05) is 85.8 Å². The van der Waals surface area contributed by atoms with E-state index in [1.54, 1.807) is 6.07 Å². The maximum absolute atomic E-state index is 13.5. The molecule has 1 amide bonds. The van der Waals surface area contributed by atoms with Gasteiger partial charge in [0.25, 0.3) is 11.5 Å². The second kappa shape index (κ2) is 11.2. The van der Waals surface area contributed by atoms with E-state index < -0.39 is 17.2 Å². The Morgan fingerprint density at radius 3 is 2.19 bits per heavy atom. The molecule has 4 aromatic rings. The van der Waals surface area contributed by atoms with Crippen molar-refractivity contribution in [3.05, 3.63) is 122 Å². The first-order chi connectivity index (χ1) is 17.5. The number of aromatic amines is 1. The van der Waals surface area contributed by atoms with Gasteiger partial charge in [-0.3, -0.25) is 24.0 Å². The molecule has 36 heavy (non-hydrogen) atoms. The normalized spacial score (nSPS) is 10.7. The highest BCUT2D eigenvalue weighted by atomic mass is 16.5. The molecule has 0 aliphatic heterocycles. The van der Waals surface area contributed by atoms with E-state index in [0.717, 1.165) is 23.1 Å². The van der Waals surface area contributed by atoms with Gasteiger partial charge in [-0.15, -0.1) is 0 Å². The van der Waals surface area contributed by atoms with Gasteiger partial charge in [0.1, 0.15) is 11.6 Å². The third-order valence-corrected chi connectivity index (χ3v) is 5.86. The van der Waals surface area contributed by atoms with Crippen molar-refractivity contribution in [2.75, 3.05) is 17.2 Å². The Labute approximate surface area is 208 Å². The number of nitrogen functional groups attached to an aromatic ring is 1. The summed E-state index contributed by atoms with van der Waals surface area (Å²) in [6.07, 6.45) is 0.745. The van der Waals surface area contributed by atoms with Crippen molar-refractivity contribution in [1.82, 2.24) is 9.55 Å². The molecule has 3 aromatic carbocycles. The summed E-state index contributed by atoms with van der Waals surface area (Å²) in [7, 11) is 0. The van der Waals surface area contributed by atoms with Crippen molar-refractivity contribution in [2.45, 2.75) is 26.4 Å². The molecule has 184 valence electrons. The van der Waals surface area contributed by atoms with Gasteiger partial charge in [0, 0.05) is 0 Å². The van der Waals surface area contributed by atoms with E-state index in [0.29, 0.717) is 5.75 Å². The lowest BCUT2D eigenvalue weighted by molar-refractivity contribution is -0.120. The number of anilines is 2. The summed E-state index contributed by atoms with van der Waals surface area (Å²) < 4.78 is 7.10. The Morgan fingerprint density at radius 2 is 1.53 bits per heavy atom. The molecule has 0 bridgehead atoms. The predicted molar refractivity (Wildman–Crippen MR) is 140 cm³/mol. The number of nitrogens with one attached hydrogen (secondary N) is 1. The van der Waals surface area contributed by atoms with Crippen molar-refractivity contribution in [3.8, 4) is 5.75 Å². The smallest absolute Gasteiger partial charge is 0.330 e. The largest absolute Gasteiger partial charge is 0.483 e. The molecular formula is C28H28N4O4. The Balaban J connectivity index is 1.72. The molecular weight excluding hydrogens is 456 g/mol. The number of amides is 1. The minimum Gasteiger partial charge on any atom is -0.483 e. The van der Waals surface area contributed by atoms with E-state index in [1.165, 1.54) is 9.47 Å². The monoisotopic (exact) mass is 484 g/mol. The molecule has 0 spiro atoms. The third-order valence-electron chi connectivity index (χ3n) is 5.86. The van der Waals surface area contributed by atoms with Crippen molar-refractivity contribution < 1.29 is 9.53 Å². The molecule has 0 atom stereocenters. The number of carbonyl (C=O) groups is 1. The van der Waals surface area contributed by atoms with Gasteiger partial charge in [0.2, 0.25) is 0 Å². The topological polar surface area (TPSA) is 110 Å². The van der Waals surface area contributed by atoms with Crippen LogP contribution in [0.25, 0.3) is 0 Å². The van der Waals surface area contributed by atoms with Crippen LogP contribution in [0.5, 0.6) is 5.75 Å². The zero-order valence-corrected chi connectivity index (χ0v) is 20.0. The van der Waals surface area contributed by atoms with E-state index in [4.69, 9.17) is 10.5 Å². The number of ether oxygens (including phenoxy) is 1. The van der Waals surface area contributed by atoms with Crippen LogP contribution in [-0.2, 0) is 24.3 Å². The molecule has 1 aromatic heterocycles. The number of carbonyl (C=O) groups excluding carboxylic acids is 1. The number of nitrogens with zero attached hydrogens (tertiary/aromatic N) is 2. The Bertz CT molecular complexity index is 1450. The van der Waals surface area contributed by atoms with Crippen molar-refractivity contribution in [1.29, 1.82) is 0 Å². The number of benzene rings is 3. The second-order valence-electron chi connectivity index (χ2n) is 8.28. The zero-order chi connectivity index (χ0) is 25.5. The van der Waals surface area contributed by atoms with Crippen LogP contribution in [0.2, 0.25) is 0 Å². The summed E-state index contributed by atoms with van der Waals surface area (Å²) in [5.74, 6) is 0.0432.